The normalized spacial score (nSPS) is 52.0. The van der Waals surface area contributed by atoms with Crippen molar-refractivity contribution in [1.29, 1.82) is 0 Å². The molecule has 1 saturated heterocycles. The third kappa shape index (κ3) is 0.243. The van der Waals surface area contributed by atoms with Gasteiger partial charge in [0.2, 0.25) is 0 Å². The quantitative estimate of drug-likeness (QED) is 0.421. The van der Waals surface area contributed by atoms with Gasteiger partial charge in [0.15, 0.2) is 0 Å². The molecule has 2 atom stereocenters. The molecule has 0 spiro atoms. The van der Waals surface area contributed by atoms with Crippen molar-refractivity contribution < 1.29 is 4.74 Å². The predicted octanol–water partition coefficient (Wildman–Crippen LogP) is 0.795. The number of ether oxygens (including phenoxy) is 1. The van der Waals surface area contributed by atoms with Gasteiger partial charge in [0.05, 0.1) is 6.10 Å². The molecule has 0 aromatic heterocycles. The van der Waals surface area contributed by atoms with E-state index in [0.29, 0.717) is 6.10 Å². The lowest BCUT2D eigenvalue weighted by Crippen LogP contribution is -1.84. The Kier molecular flexibility index (Phi) is 0.396. The Balaban J connectivity index is 2.09. The van der Waals surface area contributed by atoms with Crippen LogP contribution in [-0.2, 0) is 4.74 Å². The van der Waals surface area contributed by atoms with Gasteiger partial charge in [-0.15, -0.1) is 0 Å². The van der Waals surface area contributed by atoms with Gasteiger partial charge in [-0.2, -0.15) is 0 Å². The van der Waals surface area contributed by atoms with Crippen LogP contribution in [-0.4, -0.2) is 12.7 Å². The van der Waals surface area contributed by atoms with Crippen molar-refractivity contribution in [2.24, 2.45) is 5.92 Å². The van der Waals surface area contributed by atoms with Gasteiger partial charge in [-0.1, -0.05) is 0 Å². The second-order valence-corrected chi connectivity index (χ2v) is 2.19. The van der Waals surface area contributed by atoms with Gasteiger partial charge >= 0.3 is 0 Å². The van der Waals surface area contributed by atoms with Crippen LogP contribution in [0.3, 0.4) is 0 Å². The Hall–Kier alpha value is -0.0400. The Morgan fingerprint density at radius 2 is 2.50 bits per heavy atom. The van der Waals surface area contributed by atoms with Gasteiger partial charge in [0.25, 0.3) is 0 Å². The molecule has 0 radical (unpaired) electrons. The van der Waals surface area contributed by atoms with Crippen LogP contribution in [0.2, 0.25) is 0 Å². The molecule has 6 heavy (non-hydrogen) atoms. The fourth-order valence-corrected chi connectivity index (χ4v) is 1.10. The van der Waals surface area contributed by atoms with Crippen LogP contribution in [0.4, 0.5) is 0 Å². The van der Waals surface area contributed by atoms with E-state index >= 15 is 0 Å². The summed E-state index contributed by atoms with van der Waals surface area (Å²) < 4.78 is 5.23. The molecular weight excluding hydrogens is 76.1 g/mol. The predicted molar refractivity (Wildman–Crippen MR) is 22.5 cm³/mol. The molecule has 2 fully saturated rings. The summed E-state index contributed by atoms with van der Waals surface area (Å²) in [6.07, 6.45) is 3.41. The molecule has 0 aromatic rings. The molecular formula is C5H8O. The van der Waals surface area contributed by atoms with Crippen LogP contribution in [0, 0.1) is 5.92 Å². The highest BCUT2D eigenvalue weighted by Gasteiger charge is 2.42. The van der Waals surface area contributed by atoms with Crippen LogP contribution in [0.1, 0.15) is 12.8 Å². The molecule has 1 nitrogen and oxygen atoms in total. The van der Waals surface area contributed by atoms with Crippen molar-refractivity contribution in [3.63, 3.8) is 0 Å². The number of hydrogen-bond acceptors (Lipinski definition) is 1. The summed E-state index contributed by atoms with van der Waals surface area (Å²) in [4.78, 5) is 0. The fourth-order valence-electron chi connectivity index (χ4n) is 1.10. The molecule has 2 aliphatic rings. The number of fused-ring (bicyclic) bond motifs is 1. The van der Waals surface area contributed by atoms with Crippen LogP contribution >= 0.6 is 0 Å². The third-order valence-electron chi connectivity index (χ3n) is 1.68. The first-order valence-electron chi connectivity index (χ1n) is 2.58. The zero-order valence-electron chi connectivity index (χ0n) is 3.68. The van der Waals surface area contributed by atoms with E-state index in [0.717, 1.165) is 12.5 Å². The first-order chi connectivity index (χ1) is 2.97. The molecule has 1 aliphatic heterocycles. The molecule has 1 heteroatoms. The molecule has 0 amide bonds. The Labute approximate surface area is 37.3 Å². The second-order valence-electron chi connectivity index (χ2n) is 2.19. The van der Waals surface area contributed by atoms with E-state index in [1.54, 1.807) is 0 Å². The summed E-state index contributed by atoms with van der Waals surface area (Å²) in [5, 5.41) is 0. The highest BCUT2D eigenvalue weighted by Crippen LogP contribution is 2.41. The van der Waals surface area contributed by atoms with Crippen molar-refractivity contribution in [3.05, 3.63) is 0 Å². The van der Waals surface area contributed by atoms with E-state index in [1.165, 1.54) is 12.8 Å². The van der Waals surface area contributed by atoms with E-state index < -0.39 is 0 Å². The average molecular weight is 84.1 g/mol. The SMILES string of the molecule is C1CC2CC2O1. The summed E-state index contributed by atoms with van der Waals surface area (Å²) in [7, 11) is 0. The maximum Gasteiger partial charge on any atom is 0.0608 e. The van der Waals surface area contributed by atoms with Crippen molar-refractivity contribution in [2.45, 2.75) is 18.9 Å². The van der Waals surface area contributed by atoms with E-state index in [9.17, 15) is 0 Å². The standard InChI is InChI=1S/C5H8O/c1-2-6-5-3-4(1)5/h4-5H,1-3H2. The Morgan fingerprint density at radius 1 is 1.50 bits per heavy atom. The molecule has 2 rings (SSSR count). The molecule has 1 saturated carbocycles. The zero-order chi connectivity index (χ0) is 3.98. The van der Waals surface area contributed by atoms with E-state index in [4.69, 9.17) is 4.74 Å². The lowest BCUT2D eigenvalue weighted by Gasteiger charge is -1.86. The van der Waals surface area contributed by atoms with Gasteiger partial charge in [-0.25, -0.2) is 0 Å². The van der Waals surface area contributed by atoms with Crippen LogP contribution in [0.5, 0.6) is 0 Å². The molecule has 1 aliphatic carbocycles. The largest absolute Gasteiger partial charge is 0.378 e. The summed E-state index contributed by atoms with van der Waals surface area (Å²) in [6.45, 7) is 1.04. The summed E-state index contributed by atoms with van der Waals surface area (Å²) in [5.74, 6) is 0.991. The topological polar surface area (TPSA) is 9.23 Å². The van der Waals surface area contributed by atoms with E-state index in [2.05, 4.69) is 0 Å². The van der Waals surface area contributed by atoms with Gasteiger partial charge in [-0.05, 0) is 18.8 Å². The van der Waals surface area contributed by atoms with Crippen molar-refractivity contribution in [3.8, 4) is 0 Å². The van der Waals surface area contributed by atoms with Crippen molar-refractivity contribution in [2.75, 3.05) is 6.61 Å². The number of rotatable bonds is 0. The fraction of sp³-hybridized carbons (Fsp3) is 1.00. The zero-order valence-corrected chi connectivity index (χ0v) is 3.68. The first kappa shape index (κ1) is 3.03. The molecule has 2 unspecified atom stereocenters. The highest BCUT2D eigenvalue weighted by atomic mass is 16.5. The summed E-state index contributed by atoms with van der Waals surface area (Å²) >= 11 is 0. The molecule has 0 N–H and O–H groups in total. The lowest BCUT2D eigenvalue weighted by atomic mass is 10.3. The van der Waals surface area contributed by atoms with Crippen LogP contribution < -0.4 is 0 Å². The molecule has 34 valence electrons. The van der Waals surface area contributed by atoms with Crippen molar-refractivity contribution in [1.82, 2.24) is 0 Å². The van der Waals surface area contributed by atoms with Gasteiger partial charge in [-0.3, -0.25) is 0 Å². The van der Waals surface area contributed by atoms with Crippen molar-refractivity contribution >= 4 is 0 Å². The Bertz CT molecular complexity index is 62.3. The van der Waals surface area contributed by atoms with Crippen LogP contribution in [0.15, 0.2) is 0 Å². The van der Waals surface area contributed by atoms with E-state index in [1.807, 2.05) is 0 Å². The average Bonchev–Trinajstić information content (AvgIpc) is 2.17. The third-order valence-corrected chi connectivity index (χ3v) is 1.68. The lowest BCUT2D eigenvalue weighted by molar-refractivity contribution is 0.156. The smallest absolute Gasteiger partial charge is 0.0608 e. The highest BCUT2D eigenvalue weighted by molar-refractivity contribution is 4.91. The Morgan fingerprint density at radius 3 is 2.67 bits per heavy atom. The van der Waals surface area contributed by atoms with E-state index in [-0.39, 0.29) is 0 Å². The summed E-state index contributed by atoms with van der Waals surface area (Å²) in [6, 6.07) is 0. The molecule has 0 aromatic carbocycles. The first-order valence-corrected chi connectivity index (χ1v) is 2.58. The van der Waals surface area contributed by atoms with Gasteiger partial charge in [0, 0.05) is 6.61 Å². The molecule has 1 heterocycles. The minimum absolute atomic E-state index is 0.713. The maximum atomic E-state index is 5.23. The number of hydrogen-bond donors (Lipinski definition) is 0. The molecule has 0 bridgehead atoms. The minimum atomic E-state index is 0.713. The summed E-state index contributed by atoms with van der Waals surface area (Å²) in [5.41, 5.74) is 0. The second kappa shape index (κ2) is 0.784. The maximum absolute atomic E-state index is 5.23. The monoisotopic (exact) mass is 84.1 g/mol. The van der Waals surface area contributed by atoms with Crippen LogP contribution in [0.25, 0.3) is 0 Å². The minimum Gasteiger partial charge on any atom is -0.378 e. The van der Waals surface area contributed by atoms with Gasteiger partial charge < -0.3 is 4.74 Å². The van der Waals surface area contributed by atoms with Gasteiger partial charge in [0.1, 0.15) is 0 Å².